The highest BCUT2D eigenvalue weighted by Gasteiger charge is 2.31. The highest BCUT2D eigenvalue weighted by atomic mass is 32.1. The molecule has 154 valence electrons. The number of carbonyl (C=O) groups excluding carboxylic acids is 2. The first-order valence-corrected chi connectivity index (χ1v) is 11.6. The minimum Gasteiger partial charge on any atom is -0.312 e. The molecule has 0 unspecified atom stereocenters. The fourth-order valence-corrected chi connectivity index (χ4v) is 5.10. The van der Waals surface area contributed by atoms with Gasteiger partial charge in [-0.1, -0.05) is 39.2 Å². The van der Waals surface area contributed by atoms with E-state index in [-0.39, 0.29) is 11.8 Å². The molecule has 2 amide bonds. The lowest BCUT2D eigenvalue weighted by molar-refractivity contribution is -0.123. The van der Waals surface area contributed by atoms with Crippen LogP contribution in [0.5, 0.6) is 0 Å². The van der Waals surface area contributed by atoms with Gasteiger partial charge in [0.25, 0.3) is 0 Å². The summed E-state index contributed by atoms with van der Waals surface area (Å²) in [6, 6.07) is 6.26. The van der Waals surface area contributed by atoms with Crippen molar-refractivity contribution >= 4 is 34.0 Å². The van der Waals surface area contributed by atoms with Crippen LogP contribution in [0.15, 0.2) is 23.6 Å². The minimum atomic E-state index is 0.00622. The number of nitrogens with zero attached hydrogens (tertiary/aromatic N) is 2. The Balaban J connectivity index is 1.47. The molecule has 1 aromatic carbocycles. The van der Waals surface area contributed by atoms with E-state index in [4.69, 9.17) is 0 Å². The molecule has 0 radical (unpaired) electrons. The zero-order chi connectivity index (χ0) is 20.4. The molecule has 0 spiro atoms. The maximum Gasteiger partial charge on any atom is 0.230 e. The maximum absolute atomic E-state index is 13.0. The highest BCUT2D eigenvalue weighted by Crippen LogP contribution is 2.36. The first-order valence-electron chi connectivity index (χ1n) is 10.7. The topological polar surface area (TPSA) is 62.3 Å². The van der Waals surface area contributed by atoms with Crippen molar-refractivity contribution in [1.29, 1.82) is 0 Å². The van der Waals surface area contributed by atoms with Crippen molar-refractivity contribution < 1.29 is 9.59 Å². The van der Waals surface area contributed by atoms with E-state index in [1.807, 2.05) is 30.2 Å². The smallest absolute Gasteiger partial charge is 0.230 e. The maximum atomic E-state index is 13.0. The molecular weight excluding hydrogens is 382 g/mol. The Kier molecular flexibility index (Phi) is 5.99. The Hall–Kier alpha value is -2.21. The van der Waals surface area contributed by atoms with Crippen molar-refractivity contribution in [2.24, 2.45) is 11.8 Å². The van der Waals surface area contributed by atoms with E-state index in [0.29, 0.717) is 23.4 Å². The van der Waals surface area contributed by atoms with Crippen LogP contribution < -0.4 is 10.2 Å². The number of anilines is 2. The summed E-state index contributed by atoms with van der Waals surface area (Å²) >= 11 is 1.45. The van der Waals surface area contributed by atoms with Gasteiger partial charge in [-0.25, -0.2) is 4.98 Å². The molecule has 1 fully saturated rings. The largest absolute Gasteiger partial charge is 0.312 e. The van der Waals surface area contributed by atoms with Gasteiger partial charge in [-0.15, -0.1) is 11.3 Å². The summed E-state index contributed by atoms with van der Waals surface area (Å²) < 4.78 is 0. The Morgan fingerprint density at radius 3 is 2.79 bits per heavy atom. The van der Waals surface area contributed by atoms with E-state index in [1.54, 1.807) is 0 Å². The third kappa shape index (κ3) is 4.53. The Morgan fingerprint density at radius 2 is 2.03 bits per heavy atom. The lowest BCUT2D eigenvalue weighted by atomic mass is 9.88. The summed E-state index contributed by atoms with van der Waals surface area (Å²) in [5.74, 6) is 0.835. The molecule has 6 heteroatoms. The molecule has 1 aromatic heterocycles. The van der Waals surface area contributed by atoms with E-state index in [0.717, 1.165) is 42.8 Å². The Labute approximate surface area is 176 Å². The molecule has 29 heavy (non-hydrogen) atoms. The third-order valence-electron chi connectivity index (χ3n) is 5.84. The SMILES string of the molecule is CC(C)CC(=O)Nc1nc(-c2ccc3c(c2)CCN3C(=O)C2CCCCC2)cs1. The number of hydrogen-bond acceptors (Lipinski definition) is 4. The highest BCUT2D eigenvalue weighted by molar-refractivity contribution is 7.14. The summed E-state index contributed by atoms with van der Waals surface area (Å²) in [6.07, 6.45) is 7.07. The molecule has 4 rings (SSSR count). The third-order valence-corrected chi connectivity index (χ3v) is 6.59. The number of fused-ring (bicyclic) bond motifs is 1. The average Bonchev–Trinajstić information content (AvgIpc) is 3.34. The van der Waals surface area contributed by atoms with Crippen molar-refractivity contribution in [1.82, 2.24) is 4.98 Å². The molecule has 1 saturated carbocycles. The van der Waals surface area contributed by atoms with E-state index in [2.05, 4.69) is 22.4 Å². The Morgan fingerprint density at radius 1 is 1.24 bits per heavy atom. The molecule has 1 N–H and O–H groups in total. The number of thiazole rings is 1. The van der Waals surface area contributed by atoms with Crippen LogP contribution in [0.3, 0.4) is 0 Å². The van der Waals surface area contributed by atoms with E-state index >= 15 is 0 Å². The van der Waals surface area contributed by atoms with Gasteiger partial charge in [-0.3, -0.25) is 9.59 Å². The van der Waals surface area contributed by atoms with Crippen molar-refractivity contribution in [3.8, 4) is 11.3 Å². The van der Waals surface area contributed by atoms with Gasteiger partial charge < -0.3 is 10.2 Å². The second-order valence-electron chi connectivity index (χ2n) is 8.60. The monoisotopic (exact) mass is 411 g/mol. The fourth-order valence-electron chi connectivity index (χ4n) is 4.36. The number of nitrogens with one attached hydrogen (secondary N) is 1. The molecule has 0 atom stereocenters. The molecular formula is C23H29N3O2S. The molecule has 5 nitrogen and oxygen atoms in total. The second-order valence-corrected chi connectivity index (χ2v) is 9.46. The first kappa shape index (κ1) is 20.1. The number of rotatable bonds is 5. The molecule has 1 aliphatic carbocycles. The van der Waals surface area contributed by atoms with Gasteiger partial charge in [-0.05, 0) is 42.9 Å². The van der Waals surface area contributed by atoms with E-state index in [1.165, 1.54) is 36.2 Å². The van der Waals surface area contributed by atoms with Crippen molar-refractivity contribution in [2.75, 3.05) is 16.8 Å². The standard InChI is InChI=1S/C23H29N3O2S/c1-15(2)12-21(27)25-23-24-19(14-29-23)17-8-9-20-18(13-17)10-11-26(20)22(28)16-6-4-3-5-7-16/h8-9,13-16H,3-7,10-12H2,1-2H3,(H,24,25,27). The normalized spacial score (nSPS) is 16.9. The number of carbonyl (C=O) groups is 2. The molecule has 2 aromatic rings. The van der Waals surface area contributed by atoms with Crippen LogP contribution in [0.1, 0.15) is 57.9 Å². The van der Waals surface area contributed by atoms with Gasteiger partial charge in [0.15, 0.2) is 5.13 Å². The van der Waals surface area contributed by atoms with Crippen LogP contribution in [-0.2, 0) is 16.0 Å². The zero-order valence-electron chi connectivity index (χ0n) is 17.2. The quantitative estimate of drug-likeness (QED) is 0.729. The van der Waals surface area contributed by atoms with E-state index < -0.39 is 0 Å². The molecule has 1 aliphatic heterocycles. The van der Waals surface area contributed by atoms with Crippen molar-refractivity contribution in [3.63, 3.8) is 0 Å². The predicted octanol–water partition coefficient (Wildman–Crippen LogP) is 5.26. The number of amides is 2. The van der Waals surface area contributed by atoms with Crippen LogP contribution in [0, 0.1) is 11.8 Å². The molecule has 0 saturated heterocycles. The zero-order valence-corrected chi connectivity index (χ0v) is 18.1. The van der Waals surface area contributed by atoms with Gasteiger partial charge in [0, 0.05) is 35.5 Å². The second kappa shape index (κ2) is 8.66. The van der Waals surface area contributed by atoms with Crippen LogP contribution in [0.2, 0.25) is 0 Å². The first-order chi connectivity index (χ1) is 14.0. The fraction of sp³-hybridized carbons (Fsp3) is 0.522. The Bertz CT molecular complexity index is 899. The summed E-state index contributed by atoms with van der Waals surface area (Å²) in [5, 5.41) is 5.51. The summed E-state index contributed by atoms with van der Waals surface area (Å²) in [6.45, 7) is 4.83. The number of aromatic nitrogens is 1. The average molecular weight is 412 g/mol. The molecule has 0 bridgehead atoms. The van der Waals surface area contributed by atoms with Crippen molar-refractivity contribution in [2.45, 2.75) is 58.8 Å². The van der Waals surface area contributed by atoms with Crippen LogP contribution >= 0.6 is 11.3 Å². The van der Waals surface area contributed by atoms with Gasteiger partial charge in [0.1, 0.15) is 0 Å². The predicted molar refractivity (Wildman–Crippen MR) is 118 cm³/mol. The lowest BCUT2D eigenvalue weighted by Crippen LogP contribution is -2.35. The molecule has 2 heterocycles. The van der Waals surface area contributed by atoms with E-state index in [9.17, 15) is 9.59 Å². The van der Waals surface area contributed by atoms with Crippen LogP contribution in [0.4, 0.5) is 10.8 Å². The number of benzene rings is 1. The van der Waals surface area contributed by atoms with Gasteiger partial charge in [-0.2, -0.15) is 0 Å². The minimum absolute atomic E-state index is 0.00622. The summed E-state index contributed by atoms with van der Waals surface area (Å²) in [4.78, 5) is 31.5. The summed E-state index contributed by atoms with van der Waals surface area (Å²) in [5.41, 5.74) is 4.18. The lowest BCUT2D eigenvalue weighted by Gasteiger charge is -2.26. The van der Waals surface area contributed by atoms with Crippen LogP contribution in [0.25, 0.3) is 11.3 Å². The molecule has 2 aliphatic rings. The number of hydrogen-bond donors (Lipinski definition) is 1. The van der Waals surface area contributed by atoms with Gasteiger partial charge in [0.05, 0.1) is 5.69 Å². The van der Waals surface area contributed by atoms with Gasteiger partial charge in [0.2, 0.25) is 11.8 Å². The van der Waals surface area contributed by atoms with Gasteiger partial charge >= 0.3 is 0 Å². The van der Waals surface area contributed by atoms with Crippen LogP contribution in [-0.4, -0.2) is 23.3 Å². The van der Waals surface area contributed by atoms with Crippen molar-refractivity contribution in [3.05, 3.63) is 29.1 Å². The summed E-state index contributed by atoms with van der Waals surface area (Å²) in [7, 11) is 0.